The van der Waals surface area contributed by atoms with Crippen molar-refractivity contribution in [1.82, 2.24) is 5.32 Å². The first kappa shape index (κ1) is 15.7. The number of hydrogen-bond acceptors (Lipinski definition) is 4. The average molecular weight is 265 g/mol. The van der Waals surface area contributed by atoms with E-state index in [-0.39, 0.29) is 13.2 Å². The minimum atomic E-state index is -0.544. The Bertz CT molecular complexity index is 391. The Labute approximate surface area is 114 Å². The first-order chi connectivity index (χ1) is 9.13. The molecule has 0 fully saturated rings. The van der Waals surface area contributed by atoms with Crippen LogP contribution in [0.2, 0.25) is 0 Å². The zero-order valence-electron chi connectivity index (χ0n) is 11.5. The molecular formula is C15H23NO3. The van der Waals surface area contributed by atoms with Gasteiger partial charge in [-0.2, -0.15) is 0 Å². The van der Waals surface area contributed by atoms with Crippen LogP contribution in [0.3, 0.4) is 0 Å². The lowest BCUT2D eigenvalue weighted by molar-refractivity contribution is 0.104. The van der Waals surface area contributed by atoms with Crippen LogP contribution in [0, 0.1) is 0 Å². The van der Waals surface area contributed by atoms with Crippen molar-refractivity contribution in [3.05, 3.63) is 35.9 Å². The minimum absolute atomic E-state index is 0.00469. The molecule has 0 aromatic heterocycles. The Balaban J connectivity index is 2.50. The summed E-state index contributed by atoms with van der Waals surface area (Å²) in [5.41, 5.74) is 0.889. The maximum absolute atomic E-state index is 9.78. The highest BCUT2D eigenvalue weighted by atomic mass is 16.5. The molecule has 1 atom stereocenters. The predicted molar refractivity (Wildman–Crippen MR) is 77.2 cm³/mol. The van der Waals surface area contributed by atoms with E-state index in [4.69, 9.17) is 9.84 Å². The van der Waals surface area contributed by atoms with Crippen molar-refractivity contribution < 1.29 is 14.9 Å². The highest BCUT2D eigenvalue weighted by Gasteiger charge is 2.07. The van der Waals surface area contributed by atoms with E-state index in [0.29, 0.717) is 18.3 Å². The second-order valence-corrected chi connectivity index (χ2v) is 4.65. The van der Waals surface area contributed by atoms with Gasteiger partial charge < -0.3 is 20.3 Å². The molecule has 0 saturated heterocycles. The zero-order chi connectivity index (χ0) is 14.1. The van der Waals surface area contributed by atoms with Gasteiger partial charge in [0.1, 0.15) is 18.5 Å². The normalized spacial score (nSPS) is 13.1. The first-order valence-corrected chi connectivity index (χ1v) is 6.54. The summed E-state index contributed by atoms with van der Waals surface area (Å²) < 4.78 is 5.61. The molecule has 19 heavy (non-hydrogen) atoms. The molecule has 0 saturated carbocycles. The minimum Gasteiger partial charge on any atom is -0.490 e. The van der Waals surface area contributed by atoms with Crippen molar-refractivity contribution >= 4 is 6.08 Å². The molecule has 0 radical (unpaired) electrons. The largest absolute Gasteiger partial charge is 0.490 e. The topological polar surface area (TPSA) is 61.7 Å². The van der Waals surface area contributed by atoms with Gasteiger partial charge in [0, 0.05) is 18.2 Å². The second-order valence-electron chi connectivity index (χ2n) is 4.65. The van der Waals surface area contributed by atoms with E-state index < -0.39 is 6.10 Å². The van der Waals surface area contributed by atoms with E-state index in [1.54, 1.807) is 12.2 Å². The fourth-order valence-electron chi connectivity index (χ4n) is 1.55. The Morgan fingerprint density at radius 3 is 2.74 bits per heavy atom. The monoisotopic (exact) mass is 265 g/mol. The fourth-order valence-corrected chi connectivity index (χ4v) is 1.55. The van der Waals surface area contributed by atoms with Gasteiger partial charge in [-0.3, -0.25) is 0 Å². The van der Waals surface area contributed by atoms with E-state index >= 15 is 0 Å². The lowest BCUT2D eigenvalue weighted by Crippen LogP contribution is -2.35. The SMILES string of the molecule is CC(C)NCC(O)COc1ccccc1/C=C\CO. The smallest absolute Gasteiger partial charge is 0.126 e. The predicted octanol–water partition coefficient (Wildman–Crippen LogP) is 1.43. The molecule has 0 aliphatic rings. The number of nitrogens with one attached hydrogen (secondary N) is 1. The molecule has 1 aromatic rings. The van der Waals surface area contributed by atoms with Crippen molar-refractivity contribution in [2.24, 2.45) is 0 Å². The third-order valence-corrected chi connectivity index (χ3v) is 2.51. The molecular weight excluding hydrogens is 242 g/mol. The van der Waals surface area contributed by atoms with Crippen molar-refractivity contribution in [2.75, 3.05) is 19.8 Å². The van der Waals surface area contributed by atoms with E-state index in [1.807, 2.05) is 38.1 Å². The molecule has 4 nitrogen and oxygen atoms in total. The van der Waals surface area contributed by atoms with Crippen molar-refractivity contribution in [3.63, 3.8) is 0 Å². The van der Waals surface area contributed by atoms with Crippen LogP contribution in [0.4, 0.5) is 0 Å². The van der Waals surface area contributed by atoms with Crippen LogP contribution >= 0.6 is 0 Å². The van der Waals surface area contributed by atoms with Gasteiger partial charge in [0.2, 0.25) is 0 Å². The van der Waals surface area contributed by atoms with Gasteiger partial charge in [0.05, 0.1) is 6.61 Å². The lowest BCUT2D eigenvalue weighted by atomic mass is 10.2. The van der Waals surface area contributed by atoms with E-state index in [1.165, 1.54) is 0 Å². The molecule has 106 valence electrons. The molecule has 0 spiro atoms. The Kier molecular flexibility index (Phi) is 7.18. The number of ether oxygens (including phenoxy) is 1. The maximum atomic E-state index is 9.78. The molecule has 0 bridgehead atoms. The van der Waals surface area contributed by atoms with Gasteiger partial charge in [-0.25, -0.2) is 0 Å². The highest BCUT2D eigenvalue weighted by Crippen LogP contribution is 2.19. The third kappa shape index (κ3) is 6.38. The van der Waals surface area contributed by atoms with Gasteiger partial charge >= 0.3 is 0 Å². The summed E-state index contributed by atoms with van der Waals surface area (Å²) in [6.45, 7) is 4.80. The van der Waals surface area contributed by atoms with Crippen LogP contribution < -0.4 is 10.1 Å². The molecule has 3 N–H and O–H groups in total. The number of aliphatic hydroxyl groups excluding tert-OH is 2. The lowest BCUT2D eigenvalue weighted by Gasteiger charge is -2.16. The Morgan fingerprint density at radius 1 is 1.32 bits per heavy atom. The third-order valence-electron chi connectivity index (χ3n) is 2.51. The summed E-state index contributed by atoms with van der Waals surface area (Å²) in [6.07, 6.45) is 2.91. The van der Waals surface area contributed by atoms with Gasteiger partial charge in [-0.1, -0.05) is 44.2 Å². The molecule has 1 unspecified atom stereocenters. The van der Waals surface area contributed by atoms with Gasteiger partial charge in [0.25, 0.3) is 0 Å². The maximum Gasteiger partial charge on any atom is 0.126 e. The number of rotatable bonds is 8. The van der Waals surface area contributed by atoms with Crippen molar-refractivity contribution in [2.45, 2.75) is 26.0 Å². The van der Waals surface area contributed by atoms with Gasteiger partial charge in [-0.15, -0.1) is 0 Å². The quantitative estimate of drug-likeness (QED) is 0.665. The summed E-state index contributed by atoms with van der Waals surface area (Å²) >= 11 is 0. The summed E-state index contributed by atoms with van der Waals surface area (Å²) in [4.78, 5) is 0. The van der Waals surface area contributed by atoms with Crippen molar-refractivity contribution in [1.29, 1.82) is 0 Å². The van der Waals surface area contributed by atoms with Crippen LogP contribution in [0.5, 0.6) is 5.75 Å². The highest BCUT2D eigenvalue weighted by molar-refractivity contribution is 5.57. The molecule has 1 aromatic carbocycles. The molecule has 0 aliphatic carbocycles. The molecule has 0 amide bonds. The van der Waals surface area contributed by atoms with Crippen LogP contribution in [-0.2, 0) is 0 Å². The zero-order valence-corrected chi connectivity index (χ0v) is 11.5. The first-order valence-electron chi connectivity index (χ1n) is 6.54. The number of para-hydroxylation sites is 1. The van der Waals surface area contributed by atoms with E-state index in [2.05, 4.69) is 5.32 Å². The summed E-state index contributed by atoms with van der Waals surface area (Å²) in [7, 11) is 0. The Hall–Kier alpha value is -1.36. The number of aliphatic hydroxyl groups is 2. The summed E-state index contributed by atoms with van der Waals surface area (Å²) in [5, 5.41) is 21.7. The number of hydrogen-bond donors (Lipinski definition) is 3. The molecule has 0 aliphatic heterocycles. The average Bonchev–Trinajstić information content (AvgIpc) is 2.41. The second kappa shape index (κ2) is 8.69. The Morgan fingerprint density at radius 2 is 2.05 bits per heavy atom. The molecule has 4 heteroatoms. The van der Waals surface area contributed by atoms with Crippen molar-refractivity contribution in [3.8, 4) is 5.75 Å². The molecule has 0 heterocycles. The van der Waals surface area contributed by atoms with E-state index in [0.717, 1.165) is 5.56 Å². The van der Waals surface area contributed by atoms with E-state index in [9.17, 15) is 5.11 Å². The standard InChI is InChI=1S/C15H23NO3/c1-12(2)16-10-14(18)11-19-15-8-4-3-6-13(15)7-5-9-17/h3-8,12,14,16-18H,9-11H2,1-2H3/b7-5-. The van der Waals surface area contributed by atoms with Crippen LogP contribution in [0.1, 0.15) is 19.4 Å². The summed E-state index contributed by atoms with van der Waals surface area (Å²) in [5.74, 6) is 0.704. The van der Waals surface area contributed by atoms with Crippen LogP contribution in [0.25, 0.3) is 6.08 Å². The van der Waals surface area contributed by atoms with Gasteiger partial charge in [-0.05, 0) is 6.07 Å². The van der Waals surface area contributed by atoms with Crippen LogP contribution in [-0.4, -0.2) is 42.1 Å². The van der Waals surface area contributed by atoms with Crippen LogP contribution in [0.15, 0.2) is 30.3 Å². The molecule has 1 rings (SSSR count). The summed E-state index contributed by atoms with van der Waals surface area (Å²) in [6, 6.07) is 7.87. The fraction of sp³-hybridized carbons (Fsp3) is 0.467. The van der Waals surface area contributed by atoms with Gasteiger partial charge in [0.15, 0.2) is 0 Å². The number of benzene rings is 1.